The molecule has 4 heterocycles. The van der Waals surface area contributed by atoms with Gasteiger partial charge in [-0.3, -0.25) is 9.48 Å². The van der Waals surface area contributed by atoms with Crippen molar-refractivity contribution in [2.45, 2.75) is 6.54 Å². The van der Waals surface area contributed by atoms with E-state index in [-0.39, 0.29) is 12.5 Å². The number of aromatic nitrogens is 5. The molecule has 27 heavy (non-hydrogen) atoms. The lowest BCUT2D eigenvalue weighted by Crippen LogP contribution is -2.47. The van der Waals surface area contributed by atoms with Gasteiger partial charge in [-0.05, 0) is 18.2 Å². The first kappa shape index (κ1) is 17.0. The average molecular weight is 364 g/mol. The second kappa shape index (κ2) is 7.81. The van der Waals surface area contributed by atoms with Gasteiger partial charge in [-0.2, -0.15) is 5.10 Å². The van der Waals surface area contributed by atoms with Gasteiger partial charge < -0.3 is 15.1 Å². The van der Waals surface area contributed by atoms with E-state index in [2.05, 4.69) is 35.2 Å². The van der Waals surface area contributed by atoms with E-state index >= 15 is 0 Å². The van der Waals surface area contributed by atoms with Gasteiger partial charge in [-0.25, -0.2) is 15.0 Å². The molecule has 0 unspecified atom stereocenters. The number of rotatable bonds is 5. The molecule has 0 spiro atoms. The van der Waals surface area contributed by atoms with Crippen LogP contribution in [0.3, 0.4) is 0 Å². The highest BCUT2D eigenvalue weighted by Crippen LogP contribution is 2.16. The van der Waals surface area contributed by atoms with Gasteiger partial charge in [0.25, 0.3) is 0 Å². The number of nitrogens with one attached hydrogen (secondary N) is 1. The van der Waals surface area contributed by atoms with E-state index in [0.717, 1.165) is 32.0 Å². The van der Waals surface area contributed by atoms with Gasteiger partial charge in [0.05, 0.1) is 18.1 Å². The normalized spacial score (nSPS) is 14.2. The summed E-state index contributed by atoms with van der Waals surface area (Å²) in [5, 5.41) is 6.79. The van der Waals surface area contributed by atoms with Gasteiger partial charge in [-0.1, -0.05) is 6.07 Å². The minimum Gasteiger partial charge on any atom is -0.353 e. The molecule has 1 aliphatic rings. The maximum atomic E-state index is 12.0. The molecular weight excluding hydrogens is 344 g/mol. The quantitative estimate of drug-likeness (QED) is 0.723. The summed E-state index contributed by atoms with van der Waals surface area (Å²) >= 11 is 0. The lowest BCUT2D eigenvalue weighted by Gasteiger charge is -2.35. The largest absolute Gasteiger partial charge is 0.353 e. The van der Waals surface area contributed by atoms with Crippen LogP contribution in [-0.4, -0.2) is 56.8 Å². The van der Waals surface area contributed by atoms with E-state index in [4.69, 9.17) is 0 Å². The molecule has 1 N–H and O–H groups in total. The van der Waals surface area contributed by atoms with Crippen LogP contribution in [0.4, 0.5) is 17.5 Å². The van der Waals surface area contributed by atoms with E-state index < -0.39 is 0 Å². The number of piperazine rings is 1. The van der Waals surface area contributed by atoms with Crippen molar-refractivity contribution in [3.63, 3.8) is 0 Å². The monoisotopic (exact) mass is 364 g/mol. The average Bonchev–Trinajstić information content (AvgIpc) is 3.22. The van der Waals surface area contributed by atoms with Crippen molar-refractivity contribution in [2.24, 2.45) is 0 Å². The maximum Gasteiger partial charge on any atom is 0.246 e. The highest BCUT2D eigenvalue weighted by atomic mass is 16.2. The summed E-state index contributed by atoms with van der Waals surface area (Å²) in [7, 11) is 0. The van der Waals surface area contributed by atoms with Crippen LogP contribution in [0, 0.1) is 0 Å². The molecule has 1 amide bonds. The van der Waals surface area contributed by atoms with Crippen molar-refractivity contribution >= 4 is 23.4 Å². The van der Waals surface area contributed by atoms with E-state index in [0.29, 0.717) is 11.6 Å². The molecule has 9 nitrogen and oxygen atoms in total. The predicted octanol–water partition coefficient (Wildman–Crippen LogP) is 1.03. The van der Waals surface area contributed by atoms with Crippen LogP contribution < -0.4 is 15.1 Å². The van der Waals surface area contributed by atoms with E-state index in [1.165, 1.54) is 0 Å². The standard InChI is InChI=1S/C18H20N8O/c27-17(14-26-7-3-6-22-26)23-15-12-20-18(21-13-15)25-10-8-24(9-11-25)16-4-1-2-5-19-16/h1-7,12-13H,8-11,14H2,(H,23,27). The van der Waals surface area contributed by atoms with Gasteiger partial charge in [0, 0.05) is 44.8 Å². The molecule has 138 valence electrons. The number of hydrogen-bond acceptors (Lipinski definition) is 7. The number of carbonyl (C=O) groups excluding carboxylic acids is 1. The minimum atomic E-state index is -0.168. The first-order valence-electron chi connectivity index (χ1n) is 8.78. The zero-order chi connectivity index (χ0) is 18.5. The molecule has 4 rings (SSSR count). The molecule has 0 aromatic carbocycles. The van der Waals surface area contributed by atoms with Crippen molar-refractivity contribution in [1.29, 1.82) is 0 Å². The van der Waals surface area contributed by atoms with Crippen molar-refractivity contribution in [1.82, 2.24) is 24.7 Å². The summed E-state index contributed by atoms with van der Waals surface area (Å²) in [6.45, 7) is 3.53. The SMILES string of the molecule is O=C(Cn1cccn1)Nc1cnc(N2CCN(c3ccccn3)CC2)nc1. The van der Waals surface area contributed by atoms with Gasteiger partial charge >= 0.3 is 0 Å². The lowest BCUT2D eigenvalue weighted by atomic mass is 10.3. The predicted molar refractivity (Wildman–Crippen MR) is 102 cm³/mol. The fraction of sp³-hybridized carbons (Fsp3) is 0.278. The molecule has 3 aromatic heterocycles. The van der Waals surface area contributed by atoms with Crippen LogP contribution in [0.2, 0.25) is 0 Å². The second-order valence-electron chi connectivity index (χ2n) is 6.19. The highest BCUT2D eigenvalue weighted by molar-refractivity contribution is 5.90. The first-order valence-corrected chi connectivity index (χ1v) is 8.78. The Morgan fingerprint density at radius 1 is 0.963 bits per heavy atom. The molecule has 0 atom stereocenters. The number of pyridine rings is 1. The number of hydrogen-bond donors (Lipinski definition) is 1. The summed E-state index contributed by atoms with van der Waals surface area (Å²) in [4.78, 5) is 29.6. The van der Waals surface area contributed by atoms with Gasteiger partial charge in [0.1, 0.15) is 12.4 Å². The smallest absolute Gasteiger partial charge is 0.246 e. The van der Waals surface area contributed by atoms with E-state index in [9.17, 15) is 4.79 Å². The number of anilines is 3. The Hall–Kier alpha value is -3.49. The van der Waals surface area contributed by atoms with Gasteiger partial charge in [0.15, 0.2) is 0 Å². The Morgan fingerprint density at radius 2 is 1.74 bits per heavy atom. The number of carbonyl (C=O) groups is 1. The molecular formula is C18H20N8O. The highest BCUT2D eigenvalue weighted by Gasteiger charge is 2.19. The third kappa shape index (κ3) is 4.20. The van der Waals surface area contributed by atoms with Crippen molar-refractivity contribution in [3.8, 4) is 0 Å². The second-order valence-corrected chi connectivity index (χ2v) is 6.19. The minimum absolute atomic E-state index is 0.157. The molecule has 0 aliphatic carbocycles. The van der Waals surface area contributed by atoms with E-state index in [1.807, 2.05) is 24.4 Å². The third-order valence-corrected chi connectivity index (χ3v) is 4.32. The first-order chi connectivity index (χ1) is 13.3. The maximum absolute atomic E-state index is 12.0. The van der Waals surface area contributed by atoms with Gasteiger partial charge in [0.2, 0.25) is 11.9 Å². The van der Waals surface area contributed by atoms with Crippen molar-refractivity contribution in [2.75, 3.05) is 41.3 Å². The lowest BCUT2D eigenvalue weighted by molar-refractivity contribution is -0.116. The summed E-state index contributed by atoms with van der Waals surface area (Å²) in [6.07, 6.45) is 8.45. The Labute approximate surface area is 156 Å². The van der Waals surface area contributed by atoms with Crippen molar-refractivity contribution in [3.05, 3.63) is 55.2 Å². The van der Waals surface area contributed by atoms with Crippen LogP contribution in [0.1, 0.15) is 0 Å². The Bertz CT molecular complexity index is 858. The van der Waals surface area contributed by atoms with Gasteiger partial charge in [-0.15, -0.1) is 0 Å². The van der Waals surface area contributed by atoms with Crippen molar-refractivity contribution < 1.29 is 4.79 Å². The van der Waals surface area contributed by atoms with Crippen LogP contribution in [0.25, 0.3) is 0 Å². The summed E-state index contributed by atoms with van der Waals surface area (Å²) < 4.78 is 1.56. The Kier molecular flexibility index (Phi) is 4.91. The Balaban J connectivity index is 1.31. The third-order valence-electron chi connectivity index (χ3n) is 4.32. The fourth-order valence-corrected chi connectivity index (χ4v) is 2.97. The van der Waals surface area contributed by atoms with Crippen LogP contribution >= 0.6 is 0 Å². The molecule has 0 radical (unpaired) electrons. The molecule has 0 bridgehead atoms. The molecule has 0 saturated carbocycles. The molecule has 3 aromatic rings. The zero-order valence-electron chi connectivity index (χ0n) is 14.8. The summed E-state index contributed by atoms with van der Waals surface area (Å²) in [6, 6.07) is 7.71. The molecule has 1 aliphatic heterocycles. The molecule has 1 fully saturated rings. The summed E-state index contributed by atoms with van der Waals surface area (Å²) in [5.41, 5.74) is 0.572. The Morgan fingerprint density at radius 3 is 2.41 bits per heavy atom. The van der Waals surface area contributed by atoms with Crippen LogP contribution in [0.5, 0.6) is 0 Å². The zero-order valence-corrected chi connectivity index (χ0v) is 14.8. The summed E-state index contributed by atoms with van der Waals surface area (Å²) in [5.74, 6) is 1.49. The van der Waals surface area contributed by atoms with E-state index in [1.54, 1.807) is 35.5 Å². The molecule has 1 saturated heterocycles. The number of amides is 1. The molecule has 9 heteroatoms. The van der Waals surface area contributed by atoms with Crippen LogP contribution in [-0.2, 0) is 11.3 Å². The topological polar surface area (TPSA) is 92.1 Å². The fourth-order valence-electron chi connectivity index (χ4n) is 2.97. The number of nitrogens with zero attached hydrogens (tertiary/aromatic N) is 7. The van der Waals surface area contributed by atoms with Crippen LogP contribution in [0.15, 0.2) is 55.2 Å².